The Hall–Kier alpha value is -2.94. The summed E-state index contributed by atoms with van der Waals surface area (Å²) in [4.78, 5) is 10.4. The fourth-order valence-corrected chi connectivity index (χ4v) is 1.75. The molecule has 0 aliphatic heterocycles. The predicted octanol–water partition coefficient (Wildman–Crippen LogP) is 3.22. The van der Waals surface area contributed by atoms with Crippen molar-refractivity contribution in [2.45, 2.75) is 6.54 Å². The van der Waals surface area contributed by atoms with Crippen molar-refractivity contribution in [3.8, 4) is 6.07 Å². The normalized spacial score (nSPS) is 9.80. The average molecular weight is 271 g/mol. The molecule has 20 heavy (non-hydrogen) atoms. The smallest absolute Gasteiger partial charge is 0.292 e. The van der Waals surface area contributed by atoms with E-state index in [0.717, 1.165) is 0 Å². The number of para-hydroxylation sites is 2. The average Bonchev–Trinajstić information content (AvgIpc) is 2.46. The maximum atomic E-state index is 13.2. The van der Waals surface area contributed by atoms with Gasteiger partial charge >= 0.3 is 0 Å². The van der Waals surface area contributed by atoms with E-state index in [4.69, 9.17) is 5.26 Å². The molecule has 0 saturated heterocycles. The zero-order chi connectivity index (χ0) is 14.5. The van der Waals surface area contributed by atoms with E-state index in [9.17, 15) is 14.5 Å². The Labute approximate surface area is 114 Å². The molecule has 100 valence electrons. The summed E-state index contributed by atoms with van der Waals surface area (Å²) in [6, 6.07) is 12.1. The first-order valence-electron chi connectivity index (χ1n) is 5.77. The lowest BCUT2D eigenvalue weighted by Gasteiger charge is -2.07. The highest BCUT2D eigenvalue weighted by molar-refractivity contribution is 5.61. The second-order valence-corrected chi connectivity index (χ2v) is 4.05. The lowest BCUT2D eigenvalue weighted by molar-refractivity contribution is -0.384. The Kier molecular flexibility index (Phi) is 3.91. The van der Waals surface area contributed by atoms with E-state index < -0.39 is 10.7 Å². The van der Waals surface area contributed by atoms with E-state index in [1.165, 1.54) is 24.3 Å². The first-order chi connectivity index (χ1) is 9.61. The number of benzene rings is 2. The third-order valence-electron chi connectivity index (χ3n) is 2.73. The molecule has 0 aliphatic carbocycles. The van der Waals surface area contributed by atoms with Gasteiger partial charge in [0.05, 0.1) is 10.5 Å². The predicted molar refractivity (Wildman–Crippen MR) is 71.5 cm³/mol. The van der Waals surface area contributed by atoms with Gasteiger partial charge in [0.15, 0.2) is 0 Å². The van der Waals surface area contributed by atoms with Gasteiger partial charge in [0.25, 0.3) is 5.69 Å². The summed E-state index contributed by atoms with van der Waals surface area (Å²) in [5, 5.41) is 22.5. The van der Waals surface area contributed by atoms with E-state index in [0.29, 0.717) is 11.3 Å². The van der Waals surface area contributed by atoms with Crippen molar-refractivity contribution in [2.75, 3.05) is 5.32 Å². The number of anilines is 1. The van der Waals surface area contributed by atoms with Crippen molar-refractivity contribution in [3.63, 3.8) is 0 Å². The van der Waals surface area contributed by atoms with Crippen LogP contribution in [0.5, 0.6) is 0 Å². The second-order valence-electron chi connectivity index (χ2n) is 4.05. The van der Waals surface area contributed by atoms with Crippen LogP contribution in [0.25, 0.3) is 0 Å². The van der Waals surface area contributed by atoms with E-state index in [2.05, 4.69) is 5.32 Å². The van der Waals surface area contributed by atoms with Crippen LogP contribution in [-0.4, -0.2) is 4.92 Å². The third-order valence-corrected chi connectivity index (χ3v) is 2.73. The van der Waals surface area contributed by atoms with Crippen LogP contribution in [0.4, 0.5) is 15.8 Å². The van der Waals surface area contributed by atoms with Gasteiger partial charge in [0, 0.05) is 12.6 Å². The zero-order valence-corrected chi connectivity index (χ0v) is 10.3. The molecule has 0 fully saturated rings. The number of nitro benzene ring substituents is 1. The molecule has 0 heterocycles. The standard InChI is InChI=1S/C14H10FN3O2/c15-12-6-5-10(7-11(12)8-16)9-17-13-3-1-2-4-14(13)18(19)20/h1-7,17H,9H2. The van der Waals surface area contributed by atoms with Crippen molar-refractivity contribution in [3.05, 3.63) is 69.5 Å². The van der Waals surface area contributed by atoms with Gasteiger partial charge in [-0.3, -0.25) is 10.1 Å². The molecular formula is C14H10FN3O2. The van der Waals surface area contributed by atoms with Gasteiger partial charge in [-0.1, -0.05) is 18.2 Å². The fraction of sp³-hybridized carbons (Fsp3) is 0.0714. The number of nitro groups is 1. The monoisotopic (exact) mass is 271 g/mol. The van der Waals surface area contributed by atoms with Crippen molar-refractivity contribution in [2.24, 2.45) is 0 Å². The molecule has 0 amide bonds. The van der Waals surface area contributed by atoms with Gasteiger partial charge < -0.3 is 5.32 Å². The summed E-state index contributed by atoms with van der Waals surface area (Å²) in [6.45, 7) is 0.264. The first-order valence-corrected chi connectivity index (χ1v) is 5.77. The fourth-order valence-electron chi connectivity index (χ4n) is 1.75. The molecule has 2 aromatic carbocycles. The Morgan fingerprint density at radius 2 is 2.05 bits per heavy atom. The van der Waals surface area contributed by atoms with Crippen LogP contribution < -0.4 is 5.32 Å². The molecule has 0 aromatic heterocycles. The van der Waals surface area contributed by atoms with Gasteiger partial charge in [-0.2, -0.15) is 5.26 Å². The van der Waals surface area contributed by atoms with Gasteiger partial charge in [-0.05, 0) is 23.8 Å². The Bertz CT molecular complexity index is 695. The van der Waals surface area contributed by atoms with Crippen LogP contribution in [0, 0.1) is 27.3 Å². The Morgan fingerprint density at radius 3 is 2.75 bits per heavy atom. The van der Waals surface area contributed by atoms with E-state index in [-0.39, 0.29) is 17.8 Å². The SMILES string of the molecule is N#Cc1cc(CNc2ccccc2[N+](=O)[O-])ccc1F. The summed E-state index contributed by atoms with van der Waals surface area (Å²) < 4.78 is 13.2. The second kappa shape index (κ2) is 5.80. The van der Waals surface area contributed by atoms with Gasteiger partial charge in [-0.15, -0.1) is 0 Å². The van der Waals surface area contributed by atoms with Crippen LogP contribution >= 0.6 is 0 Å². The van der Waals surface area contributed by atoms with Crippen LogP contribution in [0.15, 0.2) is 42.5 Å². The number of halogens is 1. The number of hydrogen-bond donors (Lipinski definition) is 1. The van der Waals surface area contributed by atoms with Crippen molar-refractivity contribution in [1.29, 1.82) is 5.26 Å². The molecule has 2 rings (SSSR count). The molecule has 0 aliphatic rings. The molecule has 5 nitrogen and oxygen atoms in total. The lowest BCUT2D eigenvalue weighted by atomic mass is 10.1. The molecular weight excluding hydrogens is 261 g/mol. The molecule has 1 N–H and O–H groups in total. The number of nitriles is 1. The third kappa shape index (κ3) is 2.90. The van der Waals surface area contributed by atoms with Crippen LogP contribution in [-0.2, 0) is 6.54 Å². The molecule has 6 heteroatoms. The van der Waals surface area contributed by atoms with Crippen LogP contribution in [0.3, 0.4) is 0 Å². The lowest BCUT2D eigenvalue weighted by Crippen LogP contribution is -2.03. The Morgan fingerprint density at radius 1 is 1.30 bits per heavy atom. The van der Waals surface area contributed by atoms with E-state index in [1.807, 2.05) is 0 Å². The molecule has 2 aromatic rings. The number of rotatable bonds is 4. The van der Waals surface area contributed by atoms with Gasteiger partial charge in [-0.25, -0.2) is 4.39 Å². The van der Waals surface area contributed by atoms with Crippen molar-refractivity contribution >= 4 is 11.4 Å². The maximum Gasteiger partial charge on any atom is 0.292 e. The Balaban J connectivity index is 2.17. The van der Waals surface area contributed by atoms with Crippen LogP contribution in [0.2, 0.25) is 0 Å². The molecule has 0 atom stereocenters. The highest BCUT2D eigenvalue weighted by atomic mass is 19.1. The maximum absolute atomic E-state index is 13.2. The number of nitrogens with zero attached hydrogens (tertiary/aromatic N) is 2. The minimum absolute atomic E-state index is 0.0323. The van der Waals surface area contributed by atoms with E-state index >= 15 is 0 Å². The summed E-state index contributed by atoms with van der Waals surface area (Å²) >= 11 is 0. The molecule has 0 bridgehead atoms. The summed E-state index contributed by atoms with van der Waals surface area (Å²) in [6.07, 6.45) is 0. The van der Waals surface area contributed by atoms with Gasteiger partial charge in [0.2, 0.25) is 0 Å². The largest absolute Gasteiger partial charge is 0.375 e. The molecule has 0 radical (unpaired) electrons. The molecule has 0 saturated carbocycles. The quantitative estimate of drug-likeness (QED) is 0.684. The van der Waals surface area contributed by atoms with Crippen molar-refractivity contribution < 1.29 is 9.31 Å². The van der Waals surface area contributed by atoms with Gasteiger partial charge in [0.1, 0.15) is 17.6 Å². The van der Waals surface area contributed by atoms with Crippen molar-refractivity contribution in [1.82, 2.24) is 0 Å². The summed E-state index contributed by atoms with van der Waals surface area (Å²) in [5.74, 6) is -0.582. The molecule has 0 unspecified atom stereocenters. The highest BCUT2D eigenvalue weighted by Crippen LogP contribution is 2.23. The summed E-state index contributed by atoms with van der Waals surface area (Å²) in [5.41, 5.74) is 0.961. The minimum atomic E-state index is -0.582. The molecule has 0 spiro atoms. The first kappa shape index (κ1) is 13.5. The summed E-state index contributed by atoms with van der Waals surface area (Å²) in [7, 11) is 0. The minimum Gasteiger partial charge on any atom is -0.375 e. The highest BCUT2D eigenvalue weighted by Gasteiger charge is 2.11. The zero-order valence-electron chi connectivity index (χ0n) is 10.3. The number of hydrogen-bond acceptors (Lipinski definition) is 4. The topological polar surface area (TPSA) is 79.0 Å². The number of nitrogens with one attached hydrogen (secondary N) is 1. The van der Waals surface area contributed by atoms with Crippen LogP contribution in [0.1, 0.15) is 11.1 Å². The van der Waals surface area contributed by atoms with E-state index in [1.54, 1.807) is 24.3 Å².